The highest BCUT2D eigenvalue weighted by molar-refractivity contribution is 6.00. The summed E-state index contributed by atoms with van der Waals surface area (Å²) in [6.45, 7) is 0. The second-order valence-electron chi connectivity index (χ2n) is 8.74. The zero-order chi connectivity index (χ0) is 26.1. The molecule has 0 saturated heterocycles. The zero-order valence-corrected chi connectivity index (χ0v) is 20.5. The molecule has 38 heavy (non-hydrogen) atoms. The van der Waals surface area contributed by atoms with Crippen LogP contribution in [0.15, 0.2) is 114 Å². The molecule has 0 radical (unpaired) electrons. The molecule has 8 heteroatoms. The van der Waals surface area contributed by atoms with Crippen LogP contribution in [0.1, 0.15) is 17.0 Å². The van der Waals surface area contributed by atoms with E-state index in [-0.39, 0.29) is 23.1 Å². The standard InChI is InChI=1S/C30H23N5O3/c1-38-23-18-16-22(17-19-23)35-30(37)34-25-15-9-8-14-24(25)31-27(28(34)33-35)32-29(36)26(20-10-4-2-5-11-20)21-12-6-3-7-13-21/h2-19,26H,1H3,(H,31,32,36)/i1-1. The molecule has 0 saturated carbocycles. The number of nitrogens with one attached hydrogen (secondary N) is 1. The second kappa shape index (κ2) is 9.67. The maximum absolute atomic E-state index is 13.8. The first-order valence-electron chi connectivity index (χ1n) is 12.1. The Morgan fingerprint density at radius 1 is 0.816 bits per heavy atom. The van der Waals surface area contributed by atoms with E-state index in [2.05, 4.69) is 10.4 Å². The minimum Gasteiger partial charge on any atom is -0.497 e. The van der Waals surface area contributed by atoms with Gasteiger partial charge in [-0.2, -0.15) is 4.68 Å². The predicted octanol–water partition coefficient (Wildman–Crippen LogP) is 4.81. The van der Waals surface area contributed by atoms with Gasteiger partial charge in [0.15, 0.2) is 5.82 Å². The lowest BCUT2D eigenvalue weighted by Gasteiger charge is -2.18. The molecular formula is C30H23N5O3. The molecule has 8 nitrogen and oxygen atoms in total. The molecule has 4 aromatic carbocycles. The first kappa shape index (κ1) is 23.2. The molecule has 1 amide bonds. The molecule has 0 bridgehead atoms. The Kier molecular flexibility index (Phi) is 5.89. The van der Waals surface area contributed by atoms with Gasteiger partial charge in [-0.3, -0.25) is 4.79 Å². The fourth-order valence-corrected chi connectivity index (χ4v) is 4.61. The van der Waals surface area contributed by atoms with Gasteiger partial charge in [0.1, 0.15) is 5.75 Å². The van der Waals surface area contributed by atoms with Crippen LogP contribution in [0.3, 0.4) is 0 Å². The van der Waals surface area contributed by atoms with Gasteiger partial charge in [-0.1, -0.05) is 72.8 Å². The van der Waals surface area contributed by atoms with Crippen molar-refractivity contribution in [3.8, 4) is 11.4 Å². The highest BCUT2D eigenvalue weighted by Crippen LogP contribution is 2.28. The molecule has 1 N–H and O–H groups in total. The van der Waals surface area contributed by atoms with E-state index in [9.17, 15) is 9.59 Å². The van der Waals surface area contributed by atoms with Crippen molar-refractivity contribution in [2.75, 3.05) is 12.4 Å². The molecule has 6 aromatic rings. The fourth-order valence-electron chi connectivity index (χ4n) is 4.61. The number of ether oxygens (including phenoxy) is 1. The summed E-state index contributed by atoms with van der Waals surface area (Å²) >= 11 is 0. The van der Waals surface area contributed by atoms with Crippen molar-refractivity contribution in [3.63, 3.8) is 0 Å². The lowest BCUT2D eigenvalue weighted by atomic mass is 9.90. The lowest BCUT2D eigenvalue weighted by molar-refractivity contribution is -0.116. The number of carbonyl (C=O) groups excluding carboxylic acids is 1. The monoisotopic (exact) mass is 500 g/mol. The topological polar surface area (TPSA) is 90.5 Å². The van der Waals surface area contributed by atoms with Crippen LogP contribution in [0.25, 0.3) is 22.4 Å². The lowest BCUT2D eigenvalue weighted by Crippen LogP contribution is -2.24. The number of para-hydroxylation sites is 2. The van der Waals surface area contributed by atoms with Crippen LogP contribution in [0.4, 0.5) is 5.82 Å². The first-order chi connectivity index (χ1) is 18.6. The summed E-state index contributed by atoms with van der Waals surface area (Å²) in [6, 6.07) is 33.4. The van der Waals surface area contributed by atoms with Gasteiger partial charge in [0.25, 0.3) is 0 Å². The Hall–Kier alpha value is -5.24. The molecule has 0 aliphatic carbocycles. The van der Waals surface area contributed by atoms with Crippen molar-refractivity contribution in [3.05, 3.63) is 131 Å². The fraction of sp³-hybridized carbons (Fsp3) is 0.0667. The normalized spacial score (nSPS) is 11.2. The number of hydrogen-bond donors (Lipinski definition) is 1. The molecule has 186 valence electrons. The molecule has 0 aliphatic rings. The summed E-state index contributed by atoms with van der Waals surface area (Å²) in [7, 11) is 1.58. The SMILES string of the molecule is [11CH3]Oc1ccc(-n2nc3c(NC(=O)C(c4ccccc4)c4ccccc4)nc4ccccc4n3c2=O)cc1. The minimum absolute atomic E-state index is 0.204. The maximum Gasteiger partial charge on any atom is 0.355 e. The summed E-state index contributed by atoms with van der Waals surface area (Å²) in [6.07, 6.45) is 0. The smallest absolute Gasteiger partial charge is 0.355 e. The zero-order valence-electron chi connectivity index (χ0n) is 20.5. The number of amides is 1. The maximum atomic E-state index is 13.8. The van der Waals surface area contributed by atoms with Gasteiger partial charge >= 0.3 is 5.69 Å². The molecule has 0 atom stereocenters. The third kappa shape index (κ3) is 4.08. The quantitative estimate of drug-likeness (QED) is 0.354. The first-order valence-corrected chi connectivity index (χ1v) is 12.1. The number of rotatable bonds is 6. The van der Waals surface area contributed by atoms with E-state index in [0.29, 0.717) is 22.5 Å². The van der Waals surface area contributed by atoms with E-state index in [1.165, 1.54) is 9.08 Å². The van der Waals surface area contributed by atoms with E-state index in [1.807, 2.05) is 72.8 Å². The van der Waals surface area contributed by atoms with E-state index in [1.54, 1.807) is 43.5 Å². The van der Waals surface area contributed by atoms with E-state index < -0.39 is 5.92 Å². The number of aromatic nitrogens is 4. The number of benzene rings is 4. The average molecular weight is 501 g/mol. The molecule has 2 heterocycles. The number of hydrogen-bond acceptors (Lipinski definition) is 5. The van der Waals surface area contributed by atoms with E-state index >= 15 is 0 Å². The van der Waals surface area contributed by atoms with Crippen molar-refractivity contribution in [1.82, 2.24) is 19.2 Å². The van der Waals surface area contributed by atoms with Crippen molar-refractivity contribution in [2.45, 2.75) is 5.92 Å². The van der Waals surface area contributed by atoms with Crippen molar-refractivity contribution in [2.24, 2.45) is 0 Å². The van der Waals surface area contributed by atoms with Crippen LogP contribution < -0.4 is 15.7 Å². The van der Waals surface area contributed by atoms with Crippen LogP contribution in [0.2, 0.25) is 0 Å². The van der Waals surface area contributed by atoms with Gasteiger partial charge < -0.3 is 10.1 Å². The van der Waals surface area contributed by atoms with Crippen molar-refractivity contribution >= 4 is 28.4 Å². The summed E-state index contributed by atoms with van der Waals surface area (Å²) in [4.78, 5) is 32.1. The average Bonchev–Trinajstić information content (AvgIpc) is 3.32. The van der Waals surface area contributed by atoms with E-state index in [0.717, 1.165) is 11.1 Å². The summed E-state index contributed by atoms with van der Waals surface area (Å²) in [5.41, 5.74) is 3.27. The minimum atomic E-state index is -0.582. The van der Waals surface area contributed by atoms with Crippen LogP contribution in [0, 0.1) is 0 Å². The van der Waals surface area contributed by atoms with Gasteiger partial charge in [-0.15, -0.1) is 5.10 Å². The number of fused-ring (bicyclic) bond motifs is 3. The Bertz CT molecular complexity index is 1770. The molecule has 0 fully saturated rings. The molecule has 0 unspecified atom stereocenters. The van der Waals surface area contributed by atoms with E-state index in [4.69, 9.17) is 9.72 Å². The Balaban J connectivity index is 1.50. The number of carbonyl (C=O) groups is 1. The number of nitrogens with zero attached hydrogens (tertiary/aromatic N) is 4. The van der Waals surface area contributed by atoms with Gasteiger partial charge in [0.05, 0.1) is 29.7 Å². The van der Waals surface area contributed by atoms with Crippen LogP contribution in [-0.4, -0.2) is 32.2 Å². The second-order valence-corrected chi connectivity index (χ2v) is 8.74. The molecule has 0 aliphatic heterocycles. The van der Waals surface area contributed by atoms with Crippen molar-refractivity contribution < 1.29 is 9.53 Å². The third-order valence-electron chi connectivity index (χ3n) is 6.43. The summed E-state index contributed by atoms with van der Waals surface area (Å²) in [5.74, 6) is 0.00747. The number of anilines is 1. The highest BCUT2D eigenvalue weighted by atomic mass is 16.4. The van der Waals surface area contributed by atoms with Crippen LogP contribution in [0.5, 0.6) is 5.75 Å². The summed E-state index contributed by atoms with van der Waals surface area (Å²) in [5, 5.41) is 7.57. The van der Waals surface area contributed by atoms with Gasteiger partial charge in [-0.25, -0.2) is 14.2 Å². The Morgan fingerprint density at radius 3 is 2.05 bits per heavy atom. The Labute approximate surface area is 217 Å². The summed E-state index contributed by atoms with van der Waals surface area (Å²) < 4.78 is 8.01. The third-order valence-corrected chi connectivity index (χ3v) is 6.43. The molecule has 6 rings (SSSR count). The van der Waals surface area contributed by atoms with Gasteiger partial charge in [0.2, 0.25) is 11.6 Å². The highest BCUT2D eigenvalue weighted by Gasteiger charge is 2.25. The Morgan fingerprint density at radius 2 is 1.42 bits per heavy atom. The molecular weight excluding hydrogens is 477 g/mol. The van der Waals surface area contributed by atoms with Crippen molar-refractivity contribution in [1.29, 1.82) is 0 Å². The predicted molar refractivity (Wildman–Crippen MR) is 146 cm³/mol. The van der Waals surface area contributed by atoms with Crippen LogP contribution in [-0.2, 0) is 4.79 Å². The van der Waals surface area contributed by atoms with Gasteiger partial charge in [-0.05, 0) is 47.5 Å². The van der Waals surface area contributed by atoms with Crippen LogP contribution >= 0.6 is 0 Å². The largest absolute Gasteiger partial charge is 0.497 e. The molecule has 2 aromatic heterocycles. The van der Waals surface area contributed by atoms with Gasteiger partial charge in [0, 0.05) is 0 Å². The number of methoxy groups -OCH3 is 1. The molecule has 0 spiro atoms.